The zero-order chi connectivity index (χ0) is 19.7. The van der Waals surface area contributed by atoms with Gasteiger partial charge < -0.3 is 5.32 Å². The molecule has 1 aromatic carbocycles. The third kappa shape index (κ3) is 4.23. The lowest BCUT2D eigenvalue weighted by atomic mass is 10.0. The number of aryl methyl sites for hydroxylation is 1. The Morgan fingerprint density at radius 2 is 2.07 bits per heavy atom. The number of nitrogens with one attached hydrogen (secondary N) is 1. The number of hydrazone groups is 1. The van der Waals surface area contributed by atoms with Gasteiger partial charge in [0.05, 0.1) is 10.7 Å². The van der Waals surface area contributed by atoms with Crippen LogP contribution < -0.4 is 10.3 Å². The molecule has 0 saturated heterocycles. The Hall–Kier alpha value is -1.77. The Bertz CT molecular complexity index is 964. The number of hydrogen-bond donors (Lipinski definition) is 1. The summed E-state index contributed by atoms with van der Waals surface area (Å²) in [5, 5.41) is 9.11. The van der Waals surface area contributed by atoms with Crippen LogP contribution in [-0.4, -0.2) is 27.3 Å². The van der Waals surface area contributed by atoms with Crippen molar-refractivity contribution in [3.63, 3.8) is 0 Å². The van der Waals surface area contributed by atoms with E-state index in [1.54, 1.807) is 24.4 Å². The first kappa shape index (κ1) is 20.0. The number of rotatable bonds is 4. The van der Waals surface area contributed by atoms with E-state index in [0.29, 0.717) is 33.1 Å². The lowest BCUT2D eigenvalue weighted by Crippen LogP contribution is -2.39. The maximum Gasteiger partial charge on any atom is 0.249 e. The van der Waals surface area contributed by atoms with Crippen molar-refractivity contribution in [2.75, 3.05) is 10.3 Å². The first-order chi connectivity index (χ1) is 12.8. The molecule has 2 aromatic rings. The molecule has 3 rings (SSSR count). The van der Waals surface area contributed by atoms with Gasteiger partial charge in [0.25, 0.3) is 0 Å². The molecule has 1 amide bonds. The zero-order valence-corrected chi connectivity index (χ0v) is 18.4. The fourth-order valence-corrected chi connectivity index (χ4v) is 4.07. The van der Waals surface area contributed by atoms with Gasteiger partial charge in [-0.3, -0.25) is 9.59 Å². The van der Waals surface area contributed by atoms with E-state index in [0.717, 1.165) is 10.0 Å². The van der Waals surface area contributed by atoms with Crippen LogP contribution in [0.3, 0.4) is 0 Å². The predicted octanol–water partition coefficient (Wildman–Crippen LogP) is 4.93. The van der Waals surface area contributed by atoms with Crippen LogP contribution in [0.15, 0.2) is 40.0 Å². The number of nitrogens with zero attached hydrogens (tertiary/aromatic N) is 3. The summed E-state index contributed by atoms with van der Waals surface area (Å²) in [6, 6.07) is 6.29. The molecule has 1 N–H and O–H groups in total. The van der Waals surface area contributed by atoms with Gasteiger partial charge in [0, 0.05) is 22.7 Å². The summed E-state index contributed by atoms with van der Waals surface area (Å²) in [6.07, 6.45) is 1.95. The average Bonchev–Trinajstić information content (AvgIpc) is 2.99. The Morgan fingerprint density at radius 3 is 2.74 bits per heavy atom. The van der Waals surface area contributed by atoms with Crippen molar-refractivity contribution < 1.29 is 9.59 Å². The van der Waals surface area contributed by atoms with Crippen LogP contribution in [0.2, 0.25) is 5.02 Å². The first-order valence-electron chi connectivity index (χ1n) is 8.02. The summed E-state index contributed by atoms with van der Waals surface area (Å²) in [6.45, 7) is 3.30. The van der Waals surface area contributed by atoms with Gasteiger partial charge in [0.2, 0.25) is 5.91 Å². The molecule has 0 bridgehead atoms. The molecule has 0 spiro atoms. The van der Waals surface area contributed by atoms with E-state index in [1.165, 1.54) is 11.9 Å². The lowest BCUT2D eigenvalue weighted by Gasteiger charge is -2.23. The Balaban J connectivity index is 1.93. The Morgan fingerprint density at radius 1 is 1.33 bits per heavy atom. The fraction of sp³-hybridized carbons (Fsp3) is 0.222. The van der Waals surface area contributed by atoms with E-state index in [4.69, 9.17) is 11.6 Å². The molecular formula is C18H15Br2ClN4O2. The van der Waals surface area contributed by atoms with Crippen molar-refractivity contribution in [3.8, 4) is 0 Å². The zero-order valence-electron chi connectivity index (χ0n) is 14.5. The van der Waals surface area contributed by atoms with E-state index in [1.807, 2.05) is 13.0 Å². The van der Waals surface area contributed by atoms with E-state index in [-0.39, 0.29) is 11.7 Å². The molecule has 27 heavy (non-hydrogen) atoms. The largest absolute Gasteiger partial charge is 0.323 e. The number of hydrogen-bond acceptors (Lipinski definition) is 5. The molecule has 1 aromatic heterocycles. The minimum atomic E-state index is -0.644. The molecular weight excluding hydrogens is 499 g/mol. The number of amides is 1. The second-order valence-electron chi connectivity index (χ2n) is 6.04. The summed E-state index contributed by atoms with van der Waals surface area (Å²) in [5.41, 5.74) is 1.71. The number of carbonyl (C=O) groups excluding carboxylic acids is 2. The van der Waals surface area contributed by atoms with Crippen LogP contribution in [0.5, 0.6) is 0 Å². The van der Waals surface area contributed by atoms with Crippen molar-refractivity contribution in [1.82, 2.24) is 4.98 Å². The van der Waals surface area contributed by atoms with Crippen molar-refractivity contribution in [1.29, 1.82) is 0 Å². The van der Waals surface area contributed by atoms with E-state index >= 15 is 0 Å². The molecule has 140 valence electrons. The highest BCUT2D eigenvalue weighted by atomic mass is 79.9. The normalized spacial score (nSPS) is 16.3. The first-order valence-corrected chi connectivity index (χ1v) is 9.99. The third-order valence-corrected chi connectivity index (χ3v) is 5.29. The molecule has 0 fully saturated rings. The molecule has 6 nitrogen and oxygen atoms in total. The number of ketones is 1. The maximum absolute atomic E-state index is 13.0. The summed E-state index contributed by atoms with van der Waals surface area (Å²) in [4.78, 5) is 29.3. The van der Waals surface area contributed by atoms with Crippen molar-refractivity contribution in [2.24, 2.45) is 5.10 Å². The van der Waals surface area contributed by atoms with Gasteiger partial charge >= 0.3 is 0 Å². The second kappa shape index (κ2) is 8.08. The van der Waals surface area contributed by atoms with E-state index < -0.39 is 6.04 Å². The Labute approximate surface area is 178 Å². The lowest BCUT2D eigenvalue weighted by molar-refractivity contribution is -0.117. The predicted molar refractivity (Wildman–Crippen MR) is 114 cm³/mol. The second-order valence-corrected chi connectivity index (χ2v) is 8.28. The van der Waals surface area contributed by atoms with Gasteiger partial charge in [-0.25, -0.2) is 9.99 Å². The fourth-order valence-electron chi connectivity index (χ4n) is 2.81. The van der Waals surface area contributed by atoms with Crippen LogP contribution in [0.25, 0.3) is 0 Å². The van der Waals surface area contributed by atoms with Gasteiger partial charge in [0.1, 0.15) is 10.7 Å². The maximum atomic E-state index is 13.0. The summed E-state index contributed by atoms with van der Waals surface area (Å²) in [7, 11) is 0. The highest BCUT2D eigenvalue weighted by molar-refractivity contribution is 9.18. The van der Waals surface area contributed by atoms with Crippen LogP contribution >= 0.6 is 43.5 Å². The summed E-state index contributed by atoms with van der Waals surface area (Å²) < 4.78 is 1.39. The summed E-state index contributed by atoms with van der Waals surface area (Å²) in [5.74, 6) is -0.0425. The van der Waals surface area contributed by atoms with Gasteiger partial charge in [-0.05, 0) is 59.6 Å². The van der Waals surface area contributed by atoms with Gasteiger partial charge in [-0.1, -0.05) is 27.5 Å². The van der Waals surface area contributed by atoms with Gasteiger partial charge in [0.15, 0.2) is 11.6 Å². The molecule has 1 aliphatic heterocycles. The average molecular weight is 515 g/mol. The number of carbonyl (C=O) groups is 2. The van der Waals surface area contributed by atoms with Crippen molar-refractivity contribution in [3.05, 3.63) is 51.1 Å². The number of aromatic nitrogens is 1. The molecule has 9 heteroatoms. The number of pyridine rings is 1. The highest BCUT2D eigenvalue weighted by Crippen LogP contribution is 2.32. The molecule has 0 aliphatic carbocycles. The van der Waals surface area contributed by atoms with Gasteiger partial charge in [-0.2, -0.15) is 5.10 Å². The molecule has 0 saturated carbocycles. The number of halogens is 3. The standard InChI is InChI=1S/C18H15Br2ClN4O2/c1-9-6-11(19)7-12(10(2)26)16(9)23-18(27)14-8-15(20)24-25(14)17-13(21)4-3-5-22-17/h3-7,14H,8H2,1-2H3,(H,23,27). The van der Waals surface area contributed by atoms with Gasteiger partial charge in [-0.15, -0.1) is 0 Å². The van der Waals surface area contributed by atoms with Crippen LogP contribution in [0.4, 0.5) is 11.5 Å². The minimum Gasteiger partial charge on any atom is -0.323 e. The number of Topliss-reactive ketones (excluding diaryl/α,β-unsaturated/α-hetero) is 1. The monoisotopic (exact) mass is 512 g/mol. The smallest absolute Gasteiger partial charge is 0.249 e. The summed E-state index contributed by atoms with van der Waals surface area (Å²) >= 11 is 13.0. The number of anilines is 2. The van der Waals surface area contributed by atoms with Crippen LogP contribution in [0.1, 0.15) is 29.3 Å². The van der Waals surface area contributed by atoms with E-state index in [2.05, 4.69) is 47.3 Å². The molecule has 2 heterocycles. The quantitative estimate of drug-likeness (QED) is 0.587. The van der Waals surface area contributed by atoms with Crippen molar-refractivity contribution >= 4 is 71.3 Å². The minimum absolute atomic E-state index is 0.136. The Kier molecular flexibility index (Phi) is 5.98. The van der Waals surface area contributed by atoms with Crippen molar-refractivity contribution in [2.45, 2.75) is 26.3 Å². The molecule has 1 unspecified atom stereocenters. The van der Waals surface area contributed by atoms with Crippen LogP contribution in [-0.2, 0) is 4.79 Å². The molecule has 1 aliphatic rings. The van der Waals surface area contributed by atoms with Crippen LogP contribution in [0, 0.1) is 6.92 Å². The topological polar surface area (TPSA) is 74.7 Å². The highest BCUT2D eigenvalue weighted by Gasteiger charge is 2.35. The number of benzene rings is 1. The molecule has 0 radical (unpaired) electrons. The SMILES string of the molecule is CC(=O)c1cc(Br)cc(C)c1NC(=O)C1CC(Br)=NN1c1ncccc1Cl. The molecule has 1 atom stereocenters. The third-order valence-electron chi connectivity index (χ3n) is 4.06. The van der Waals surface area contributed by atoms with E-state index in [9.17, 15) is 9.59 Å².